The second-order valence-electron chi connectivity index (χ2n) is 8.65. The van der Waals surface area contributed by atoms with Crippen molar-refractivity contribution in [3.05, 3.63) is 65.2 Å². The van der Waals surface area contributed by atoms with Crippen LogP contribution in [-0.4, -0.2) is 62.4 Å². The van der Waals surface area contributed by atoms with Gasteiger partial charge in [-0.1, -0.05) is 18.2 Å². The van der Waals surface area contributed by atoms with Crippen LogP contribution in [0.25, 0.3) is 0 Å². The van der Waals surface area contributed by atoms with Crippen LogP contribution < -0.4 is 19.9 Å². The van der Waals surface area contributed by atoms with Gasteiger partial charge in [-0.3, -0.25) is 4.79 Å². The Morgan fingerprint density at radius 2 is 1.71 bits per heavy atom. The first-order chi connectivity index (χ1) is 19.2. The third kappa shape index (κ3) is 12.0. The summed E-state index contributed by atoms with van der Waals surface area (Å²) in [6, 6.07) is 8.91. The number of ketones is 1. The van der Waals surface area contributed by atoms with E-state index in [0.717, 1.165) is 0 Å². The van der Waals surface area contributed by atoms with Gasteiger partial charge < -0.3 is 25.0 Å². The lowest BCUT2D eigenvalue weighted by Crippen LogP contribution is -2.21. The first-order valence-electron chi connectivity index (χ1n) is 12.2. The summed E-state index contributed by atoms with van der Waals surface area (Å²) in [6.45, 7) is 1.37. The molecule has 0 amide bonds. The number of halogens is 3. The van der Waals surface area contributed by atoms with Crippen molar-refractivity contribution < 1.29 is 55.7 Å². The highest BCUT2D eigenvalue weighted by molar-refractivity contribution is 7.89. The molecule has 0 bridgehead atoms. The number of benzene rings is 2. The number of nitrogens with one attached hydrogen (secondary N) is 1. The van der Waals surface area contributed by atoms with Gasteiger partial charge in [-0.25, -0.2) is 23.1 Å². The number of aliphatic carboxylic acids is 2. The number of carbonyl (C=O) groups is 3. The largest absolute Gasteiger partial charge is 0.573 e. The molecule has 1 heterocycles. The van der Waals surface area contributed by atoms with Gasteiger partial charge in [0.15, 0.2) is 5.78 Å². The van der Waals surface area contributed by atoms with Crippen LogP contribution in [0.5, 0.6) is 11.5 Å². The summed E-state index contributed by atoms with van der Waals surface area (Å²) >= 11 is 0. The molecule has 0 fully saturated rings. The zero-order valence-corrected chi connectivity index (χ0v) is 22.5. The average molecular weight is 603 g/mol. The van der Waals surface area contributed by atoms with Gasteiger partial charge in [0.25, 0.3) is 0 Å². The second kappa shape index (κ2) is 15.2. The van der Waals surface area contributed by atoms with Gasteiger partial charge >= 0.3 is 18.3 Å². The highest BCUT2D eigenvalue weighted by Crippen LogP contribution is 2.34. The summed E-state index contributed by atoms with van der Waals surface area (Å²) in [4.78, 5) is 31.5. The normalized spacial score (nSPS) is 12.7. The van der Waals surface area contributed by atoms with Crippen molar-refractivity contribution in [3.63, 3.8) is 0 Å². The first-order valence-corrected chi connectivity index (χ1v) is 13.8. The van der Waals surface area contributed by atoms with Gasteiger partial charge in [-0.2, -0.15) is 0 Å². The molecule has 1 aliphatic heterocycles. The first kappa shape index (κ1) is 33.3. The molecular formula is C26H29F3N2O9S. The number of fused-ring (bicyclic) bond motifs is 1. The monoisotopic (exact) mass is 602 g/mol. The predicted molar refractivity (Wildman–Crippen MR) is 139 cm³/mol. The number of hydrogen-bond donors (Lipinski definition) is 4. The quantitative estimate of drug-likeness (QED) is 0.151. The van der Waals surface area contributed by atoms with Gasteiger partial charge in [-0.15, -0.1) is 13.2 Å². The van der Waals surface area contributed by atoms with E-state index in [1.165, 1.54) is 18.2 Å². The molecule has 41 heavy (non-hydrogen) atoms. The average Bonchev–Trinajstić information content (AvgIpc) is 3.34. The Morgan fingerprint density at radius 3 is 2.32 bits per heavy atom. The van der Waals surface area contributed by atoms with Crippen LogP contribution in [0.1, 0.15) is 40.7 Å². The molecule has 11 nitrogen and oxygen atoms in total. The summed E-state index contributed by atoms with van der Waals surface area (Å²) in [7, 11) is -4.01. The van der Waals surface area contributed by atoms with E-state index in [0.29, 0.717) is 68.7 Å². The van der Waals surface area contributed by atoms with Crippen molar-refractivity contribution in [1.82, 2.24) is 5.32 Å². The van der Waals surface area contributed by atoms with Gasteiger partial charge in [0.1, 0.15) is 16.4 Å². The maximum Gasteiger partial charge on any atom is 0.573 e. The number of primary sulfonamides is 1. The zero-order chi connectivity index (χ0) is 30.6. The smallest absolute Gasteiger partial charge is 0.492 e. The second-order valence-corrected chi connectivity index (χ2v) is 10.2. The molecule has 224 valence electrons. The van der Waals surface area contributed by atoms with E-state index < -0.39 is 28.3 Å². The van der Waals surface area contributed by atoms with Crippen LogP contribution in [0.4, 0.5) is 13.2 Å². The molecule has 0 atom stereocenters. The van der Waals surface area contributed by atoms with Gasteiger partial charge in [0, 0.05) is 30.6 Å². The topological polar surface area (TPSA) is 182 Å². The number of alkyl halides is 3. The summed E-state index contributed by atoms with van der Waals surface area (Å²) in [5, 5.41) is 24.0. The summed E-state index contributed by atoms with van der Waals surface area (Å²) in [6.07, 6.45) is -1.28. The predicted octanol–water partition coefficient (Wildman–Crippen LogP) is 3.06. The van der Waals surface area contributed by atoms with Gasteiger partial charge in [0.05, 0.1) is 6.61 Å². The molecule has 0 spiro atoms. The van der Waals surface area contributed by atoms with E-state index in [4.69, 9.17) is 20.1 Å². The van der Waals surface area contributed by atoms with Gasteiger partial charge in [0.2, 0.25) is 10.0 Å². The number of ether oxygens (including phenoxy) is 2. The Morgan fingerprint density at radius 1 is 1.05 bits per heavy atom. The lowest BCUT2D eigenvalue weighted by atomic mass is 10.0. The molecule has 15 heteroatoms. The number of Topliss-reactive ketones (excluding diaryl/α,β-unsaturated/α-hetero) is 1. The molecule has 0 saturated carbocycles. The third-order valence-electron chi connectivity index (χ3n) is 5.52. The van der Waals surface area contributed by atoms with Crippen molar-refractivity contribution in [3.8, 4) is 11.5 Å². The fraction of sp³-hybridized carbons (Fsp3) is 0.346. The van der Waals surface area contributed by atoms with Crippen LogP contribution in [0.3, 0.4) is 0 Å². The standard InChI is InChI=1S/C22H25F3N2O5S.C4H4O4/c23-22(24,25)32-19-7-2-1-5-15(19)8-11-27-10-4-3-6-18(28)17-13-16-9-12-31-21(16)20(14-17)33(26,29)30;5-3(6)1-2-4(7)8/h1-2,5,7,13-14,27H,3-4,6,8-12H2,(H2,26,29,30);1-2H,(H,5,6)(H,7,8). The van der Waals surface area contributed by atoms with Crippen molar-refractivity contribution in [2.24, 2.45) is 5.14 Å². The number of hydrogen-bond acceptors (Lipinski definition) is 8. The number of carboxylic acid groups (broad SMARTS) is 2. The number of para-hydroxylation sites is 1. The highest BCUT2D eigenvalue weighted by Gasteiger charge is 2.32. The Hall–Kier alpha value is -3.95. The molecule has 3 rings (SSSR count). The molecule has 0 saturated heterocycles. The SMILES string of the molecule is NS(=O)(=O)c1cc(C(=O)CCCCNCCc2ccccc2OC(F)(F)F)cc2c1OCC2.O=C(O)C=CC(=O)O. The van der Waals surface area contributed by atoms with E-state index in [2.05, 4.69) is 10.1 Å². The number of carboxylic acids is 2. The van der Waals surface area contributed by atoms with E-state index in [1.807, 2.05) is 0 Å². The Bertz CT molecular complexity index is 1360. The van der Waals surface area contributed by atoms with E-state index >= 15 is 0 Å². The Kier molecular flexibility index (Phi) is 12.3. The number of carbonyl (C=O) groups excluding carboxylic acids is 1. The number of unbranched alkanes of at least 4 members (excludes halogenated alkanes) is 1. The minimum atomic E-state index is -4.74. The molecule has 0 unspecified atom stereocenters. The highest BCUT2D eigenvalue weighted by atomic mass is 32.2. The molecule has 5 N–H and O–H groups in total. The molecule has 0 radical (unpaired) electrons. The van der Waals surface area contributed by atoms with Crippen molar-refractivity contribution >= 4 is 27.7 Å². The molecular weight excluding hydrogens is 573 g/mol. The van der Waals surface area contributed by atoms with Crippen LogP contribution in [0.2, 0.25) is 0 Å². The maximum absolute atomic E-state index is 12.5. The zero-order valence-electron chi connectivity index (χ0n) is 21.6. The minimum Gasteiger partial charge on any atom is -0.492 e. The molecule has 0 aromatic heterocycles. The molecule has 0 aliphatic carbocycles. The van der Waals surface area contributed by atoms with Gasteiger partial charge in [-0.05, 0) is 61.7 Å². The summed E-state index contributed by atoms with van der Waals surface area (Å²) in [5.74, 6) is -2.69. The fourth-order valence-electron chi connectivity index (χ4n) is 3.75. The van der Waals surface area contributed by atoms with E-state index in [1.54, 1.807) is 18.2 Å². The lowest BCUT2D eigenvalue weighted by Gasteiger charge is -2.13. The maximum atomic E-state index is 12.5. The lowest BCUT2D eigenvalue weighted by molar-refractivity contribution is -0.274. The number of sulfonamides is 1. The van der Waals surface area contributed by atoms with Crippen molar-refractivity contribution in [2.75, 3.05) is 19.7 Å². The van der Waals surface area contributed by atoms with Crippen LogP contribution in [0, 0.1) is 0 Å². The third-order valence-corrected chi connectivity index (χ3v) is 6.44. The summed E-state index contributed by atoms with van der Waals surface area (Å²) < 4.78 is 70.5. The molecule has 2 aromatic rings. The number of rotatable bonds is 13. The fourth-order valence-corrected chi connectivity index (χ4v) is 4.49. The Labute approximate surface area is 233 Å². The van der Waals surface area contributed by atoms with Crippen LogP contribution in [-0.2, 0) is 32.5 Å². The molecule has 2 aromatic carbocycles. The van der Waals surface area contributed by atoms with Crippen molar-refractivity contribution in [2.45, 2.75) is 43.4 Å². The Balaban J connectivity index is 0.000000642. The van der Waals surface area contributed by atoms with Crippen LogP contribution in [0.15, 0.2) is 53.4 Å². The number of nitrogens with two attached hydrogens (primary N) is 1. The van der Waals surface area contributed by atoms with Crippen molar-refractivity contribution in [1.29, 1.82) is 0 Å². The molecule has 1 aliphatic rings. The summed E-state index contributed by atoms with van der Waals surface area (Å²) in [5.41, 5.74) is 1.39. The van der Waals surface area contributed by atoms with E-state index in [9.17, 15) is 36.0 Å². The minimum absolute atomic E-state index is 0.169. The van der Waals surface area contributed by atoms with Crippen LogP contribution >= 0.6 is 0 Å². The van der Waals surface area contributed by atoms with E-state index in [-0.39, 0.29) is 34.2 Å².